The van der Waals surface area contributed by atoms with E-state index in [1.807, 2.05) is 0 Å². The van der Waals surface area contributed by atoms with Crippen molar-refractivity contribution in [3.8, 4) is 17.2 Å². The minimum absolute atomic E-state index is 0.0718. The average molecular weight is 437 g/mol. The summed E-state index contributed by atoms with van der Waals surface area (Å²) in [4.78, 5) is 25.2. The molecule has 2 aromatic rings. The Balaban J connectivity index is 2.18. The van der Waals surface area contributed by atoms with Crippen molar-refractivity contribution in [2.45, 2.75) is 13.0 Å². The third-order valence-corrected chi connectivity index (χ3v) is 4.66. The number of rotatable bonds is 9. The maximum atomic E-state index is 12.6. The van der Waals surface area contributed by atoms with Crippen molar-refractivity contribution in [2.24, 2.45) is 0 Å². The summed E-state index contributed by atoms with van der Waals surface area (Å²) in [5.74, 6) is -0.504. The number of benzene rings is 2. The van der Waals surface area contributed by atoms with Gasteiger partial charge in [-0.1, -0.05) is 0 Å². The van der Waals surface area contributed by atoms with E-state index >= 15 is 0 Å². The van der Waals surface area contributed by atoms with Crippen molar-refractivity contribution in [2.75, 3.05) is 32.3 Å². The first-order valence-electron chi connectivity index (χ1n) is 8.73. The van der Waals surface area contributed by atoms with Crippen LogP contribution in [0.15, 0.2) is 36.4 Å². The normalized spacial score (nSPS) is 11.9. The number of methoxy groups -OCH3 is 3. The van der Waals surface area contributed by atoms with Gasteiger partial charge in [-0.2, -0.15) is 0 Å². The fourth-order valence-corrected chi connectivity index (χ4v) is 3.26. The summed E-state index contributed by atoms with van der Waals surface area (Å²) >= 11 is 0. The van der Waals surface area contributed by atoms with Crippen molar-refractivity contribution >= 4 is 27.5 Å². The topological polar surface area (TPSA) is 117 Å². The number of hydrogen-bond donors (Lipinski definition) is 1. The lowest BCUT2D eigenvalue weighted by atomic mass is 10.1. The fraction of sp³-hybridized carbons (Fsp3) is 0.300. The van der Waals surface area contributed by atoms with Crippen LogP contribution in [0.1, 0.15) is 27.6 Å². The molecule has 10 heteroatoms. The molecule has 2 aromatic carbocycles. The molecule has 0 radical (unpaired) electrons. The molecule has 0 unspecified atom stereocenters. The number of anilines is 1. The zero-order valence-electron chi connectivity index (χ0n) is 17.2. The number of nitrogens with one attached hydrogen (secondary N) is 1. The molecule has 0 fully saturated rings. The predicted octanol–water partition coefficient (Wildman–Crippen LogP) is 2.51. The minimum Gasteiger partial charge on any atom is -0.493 e. The average Bonchev–Trinajstić information content (AvgIpc) is 2.71. The maximum absolute atomic E-state index is 12.6. The Morgan fingerprint density at radius 1 is 0.900 bits per heavy atom. The van der Waals surface area contributed by atoms with Crippen LogP contribution in [0.2, 0.25) is 0 Å². The molecule has 0 spiro atoms. The van der Waals surface area contributed by atoms with E-state index in [0.717, 1.165) is 6.26 Å². The standard InChI is InChI=1S/C20H23NO8S/c1-12(17(22)13-6-8-14(9-7-13)21-30(5,24)25)29-20(23)15-10-11-16(26-2)19(28-4)18(15)27-3/h6-12,21H,1-5H3/t12-/m1/s1. The largest absolute Gasteiger partial charge is 0.493 e. The van der Waals surface area contributed by atoms with Gasteiger partial charge >= 0.3 is 5.97 Å². The van der Waals surface area contributed by atoms with Gasteiger partial charge in [-0.25, -0.2) is 13.2 Å². The van der Waals surface area contributed by atoms with Crippen molar-refractivity contribution in [3.63, 3.8) is 0 Å². The van der Waals surface area contributed by atoms with Crippen LogP contribution in [0.4, 0.5) is 5.69 Å². The van der Waals surface area contributed by atoms with Gasteiger partial charge in [0, 0.05) is 11.3 Å². The second-order valence-electron chi connectivity index (χ2n) is 6.25. The van der Waals surface area contributed by atoms with Gasteiger partial charge in [-0.05, 0) is 43.3 Å². The van der Waals surface area contributed by atoms with Gasteiger partial charge in [-0.15, -0.1) is 0 Å². The molecule has 0 saturated carbocycles. The lowest BCUT2D eigenvalue weighted by Crippen LogP contribution is -2.24. The second-order valence-corrected chi connectivity index (χ2v) is 7.99. The molecular formula is C20H23NO8S. The molecule has 1 atom stereocenters. The maximum Gasteiger partial charge on any atom is 0.342 e. The van der Waals surface area contributed by atoms with Crippen LogP contribution in [0, 0.1) is 0 Å². The van der Waals surface area contributed by atoms with Crippen LogP contribution in [0.25, 0.3) is 0 Å². The third-order valence-electron chi connectivity index (χ3n) is 4.05. The summed E-state index contributed by atoms with van der Waals surface area (Å²) in [7, 11) is 0.802. The smallest absolute Gasteiger partial charge is 0.342 e. The monoisotopic (exact) mass is 437 g/mol. The molecule has 0 saturated heterocycles. The summed E-state index contributed by atoms with van der Waals surface area (Å²) in [5, 5.41) is 0. The zero-order chi connectivity index (χ0) is 22.5. The number of Topliss-reactive ketones (excluding diaryl/α,β-unsaturated/α-hetero) is 1. The van der Waals surface area contributed by atoms with E-state index < -0.39 is 27.9 Å². The first-order valence-corrected chi connectivity index (χ1v) is 10.6. The van der Waals surface area contributed by atoms with E-state index in [2.05, 4.69) is 4.72 Å². The Hall–Kier alpha value is -3.27. The molecule has 0 heterocycles. The number of carbonyl (C=O) groups is 2. The number of hydrogen-bond acceptors (Lipinski definition) is 8. The summed E-state index contributed by atoms with van der Waals surface area (Å²) < 4.78 is 45.8. The summed E-state index contributed by atoms with van der Waals surface area (Å²) in [6, 6.07) is 8.75. The zero-order valence-corrected chi connectivity index (χ0v) is 18.0. The van der Waals surface area contributed by atoms with Crippen LogP contribution in [-0.4, -0.2) is 53.9 Å². The van der Waals surface area contributed by atoms with E-state index in [9.17, 15) is 18.0 Å². The van der Waals surface area contributed by atoms with Gasteiger partial charge in [0.2, 0.25) is 21.6 Å². The highest BCUT2D eigenvalue weighted by Gasteiger charge is 2.25. The lowest BCUT2D eigenvalue weighted by Gasteiger charge is -2.17. The Bertz CT molecular complexity index is 1030. The van der Waals surface area contributed by atoms with Gasteiger partial charge in [-0.3, -0.25) is 9.52 Å². The van der Waals surface area contributed by atoms with Gasteiger partial charge < -0.3 is 18.9 Å². The summed E-state index contributed by atoms with van der Waals surface area (Å²) in [6.07, 6.45) is -0.0697. The molecule has 0 bridgehead atoms. The van der Waals surface area contributed by atoms with Crippen LogP contribution < -0.4 is 18.9 Å². The van der Waals surface area contributed by atoms with Gasteiger partial charge in [0.25, 0.3) is 0 Å². The van der Waals surface area contributed by atoms with Gasteiger partial charge in [0.15, 0.2) is 17.6 Å². The van der Waals surface area contributed by atoms with E-state index in [0.29, 0.717) is 11.4 Å². The van der Waals surface area contributed by atoms with Crippen molar-refractivity contribution in [1.29, 1.82) is 0 Å². The fourth-order valence-electron chi connectivity index (χ4n) is 2.69. The number of ketones is 1. The molecule has 1 N–H and O–H groups in total. The number of ether oxygens (including phenoxy) is 4. The van der Waals surface area contributed by atoms with Gasteiger partial charge in [0.1, 0.15) is 5.56 Å². The molecule has 0 aromatic heterocycles. The summed E-state index contributed by atoms with van der Waals surface area (Å²) in [6.45, 7) is 1.44. The Morgan fingerprint density at radius 3 is 2.00 bits per heavy atom. The van der Waals surface area contributed by atoms with Crippen molar-refractivity contribution in [1.82, 2.24) is 0 Å². The molecule has 0 aliphatic carbocycles. The second kappa shape index (κ2) is 9.49. The first-order chi connectivity index (χ1) is 14.1. The van der Waals surface area contributed by atoms with Crippen LogP contribution in [-0.2, 0) is 14.8 Å². The predicted molar refractivity (Wildman–Crippen MR) is 110 cm³/mol. The first kappa shape index (κ1) is 23.0. The quantitative estimate of drug-likeness (QED) is 0.470. The highest BCUT2D eigenvalue weighted by molar-refractivity contribution is 7.92. The Kier molecular flexibility index (Phi) is 7.28. The molecule has 9 nitrogen and oxygen atoms in total. The molecular weight excluding hydrogens is 414 g/mol. The molecule has 0 amide bonds. The SMILES string of the molecule is COc1ccc(C(=O)O[C@H](C)C(=O)c2ccc(NS(C)(=O)=O)cc2)c(OC)c1OC. The van der Waals surface area contributed by atoms with Gasteiger partial charge in [0.05, 0.1) is 27.6 Å². The highest BCUT2D eigenvalue weighted by atomic mass is 32.2. The number of sulfonamides is 1. The van der Waals surface area contributed by atoms with Crippen LogP contribution >= 0.6 is 0 Å². The van der Waals surface area contributed by atoms with Crippen LogP contribution in [0.3, 0.4) is 0 Å². The molecule has 30 heavy (non-hydrogen) atoms. The molecule has 162 valence electrons. The van der Waals surface area contributed by atoms with E-state index in [4.69, 9.17) is 18.9 Å². The van der Waals surface area contributed by atoms with Crippen LogP contribution in [0.5, 0.6) is 17.2 Å². The number of carbonyl (C=O) groups excluding carboxylic acids is 2. The molecule has 2 rings (SSSR count). The van der Waals surface area contributed by atoms with E-state index in [-0.39, 0.29) is 22.6 Å². The molecule has 0 aliphatic heterocycles. The lowest BCUT2D eigenvalue weighted by molar-refractivity contribution is 0.0315. The van der Waals surface area contributed by atoms with Crippen molar-refractivity contribution in [3.05, 3.63) is 47.5 Å². The minimum atomic E-state index is -3.43. The highest BCUT2D eigenvalue weighted by Crippen LogP contribution is 2.40. The van der Waals surface area contributed by atoms with E-state index in [1.54, 1.807) is 0 Å². The Morgan fingerprint density at radius 2 is 1.50 bits per heavy atom. The number of esters is 1. The third kappa shape index (κ3) is 5.41. The summed E-state index contributed by atoms with van der Waals surface area (Å²) in [5.41, 5.74) is 0.643. The van der Waals surface area contributed by atoms with Crippen molar-refractivity contribution < 1.29 is 37.0 Å². The Labute approximate surface area is 174 Å². The molecule has 0 aliphatic rings. The van der Waals surface area contributed by atoms with E-state index in [1.165, 1.54) is 64.7 Å².